The summed E-state index contributed by atoms with van der Waals surface area (Å²) >= 11 is 0. The van der Waals surface area contributed by atoms with Crippen LogP contribution in [0.2, 0.25) is 0 Å². The first-order chi connectivity index (χ1) is 12.0. The molecule has 8 heteroatoms. The van der Waals surface area contributed by atoms with Crippen LogP contribution in [-0.4, -0.2) is 58.2 Å². The van der Waals surface area contributed by atoms with Crippen LogP contribution in [0.1, 0.15) is 44.3 Å². The highest BCUT2D eigenvalue weighted by Gasteiger charge is 2.21. The fourth-order valence-electron chi connectivity index (χ4n) is 2.87. The van der Waals surface area contributed by atoms with Gasteiger partial charge in [-0.3, -0.25) is 4.90 Å². The van der Waals surface area contributed by atoms with Crippen LogP contribution < -0.4 is 10.2 Å². The molecule has 0 bridgehead atoms. The minimum Gasteiger partial charge on any atom is -0.367 e. The van der Waals surface area contributed by atoms with Gasteiger partial charge in [-0.05, 0) is 12.8 Å². The van der Waals surface area contributed by atoms with Gasteiger partial charge < -0.3 is 14.7 Å². The molecule has 0 spiro atoms. The molecule has 1 fully saturated rings. The zero-order valence-electron chi connectivity index (χ0n) is 15.4. The van der Waals surface area contributed by atoms with E-state index in [1.807, 2.05) is 25.1 Å². The van der Waals surface area contributed by atoms with E-state index in [1.165, 1.54) is 0 Å². The molecule has 0 saturated carbocycles. The van der Waals surface area contributed by atoms with Crippen molar-refractivity contribution < 1.29 is 4.52 Å². The first-order valence-electron chi connectivity index (χ1n) is 8.82. The summed E-state index contributed by atoms with van der Waals surface area (Å²) in [5.74, 6) is 3.59. The largest absolute Gasteiger partial charge is 0.367 e. The van der Waals surface area contributed by atoms with Crippen molar-refractivity contribution in [2.24, 2.45) is 0 Å². The van der Waals surface area contributed by atoms with Gasteiger partial charge in [0.2, 0.25) is 5.89 Å². The Hall–Kier alpha value is -2.22. The molecular formula is C17H27N7O. The molecule has 0 amide bonds. The van der Waals surface area contributed by atoms with E-state index in [4.69, 9.17) is 4.52 Å². The lowest BCUT2D eigenvalue weighted by Crippen LogP contribution is -2.38. The van der Waals surface area contributed by atoms with Crippen LogP contribution in [0.25, 0.3) is 0 Å². The molecule has 1 aliphatic heterocycles. The van der Waals surface area contributed by atoms with Crippen LogP contribution in [0.3, 0.4) is 0 Å². The third-order valence-corrected chi connectivity index (χ3v) is 4.41. The number of piperidine rings is 1. The van der Waals surface area contributed by atoms with Crippen molar-refractivity contribution in [2.75, 3.05) is 37.4 Å². The Morgan fingerprint density at radius 2 is 2.04 bits per heavy atom. The monoisotopic (exact) mass is 345 g/mol. The highest BCUT2D eigenvalue weighted by molar-refractivity contribution is 5.47. The van der Waals surface area contributed by atoms with Crippen molar-refractivity contribution in [2.45, 2.75) is 45.2 Å². The molecule has 0 aromatic carbocycles. The number of anilines is 2. The summed E-state index contributed by atoms with van der Waals surface area (Å²) in [5.41, 5.74) is 0. The molecule has 1 aliphatic rings. The molecule has 25 heavy (non-hydrogen) atoms. The second-order valence-electron chi connectivity index (χ2n) is 7.05. The van der Waals surface area contributed by atoms with Gasteiger partial charge in [0.1, 0.15) is 18.0 Å². The van der Waals surface area contributed by atoms with E-state index >= 15 is 0 Å². The first kappa shape index (κ1) is 17.6. The fourth-order valence-corrected chi connectivity index (χ4v) is 2.87. The van der Waals surface area contributed by atoms with Gasteiger partial charge in [-0.1, -0.05) is 19.0 Å². The highest BCUT2D eigenvalue weighted by atomic mass is 16.5. The second kappa shape index (κ2) is 7.77. The van der Waals surface area contributed by atoms with E-state index in [0.29, 0.717) is 17.9 Å². The molecule has 1 saturated heterocycles. The van der Waals surface area contributed by atoms with Crippen molar-refractivity contribution in [1.82, 2.24) is 25.0 Å². The van der Waals surface area contributed by atoms with Gasteiger partial charge in [0.05, 0.1) is 6.54 Å². The number of likely N-dealkylation sites (tertiary alicyclic amines) is 1. The second-order valence-corrected chi connectivity index (χ2v) is 7.05. The summed E-state index contributed by atoms with van der Waals surface area (Å²) in [7, 11) is 3.96. The number of hydrogen-bond acceptors (Lipinski definition) is 8. The Balaban J connectivity index is 1.49. The average Bonchev–Trinajstić information content (AvgIpc) is 3.06. The van der Waals surface area contributed by atoms with Gasteiger partial charge in [-0.15, -0.1) is 0 Å². The molecule has 8 nitrogen and oxygen atoms in total. The molecule has 0 aliphatic carbocycles. The third kappa shape index (κ3) is 4.66. The first-order valence-corrected chi connectivity index (χ1v) is 8.82. The normalized spacial score (nSPS) is 16.4. The van der Waals surface area contributed by atoms with Crippen LogP contribution in [-0.2, 0) is 6.54 Å². The minimum atomic E-state index is 0.298. The zero-order chi connectivity index (χ0) is 17.8. The Labute approximate surface area is 148 Å². The predicted octanol–water partition coefficient (Wildman–Crippen LogP) is 2.13. The summed E-state index contributed by atoms with van der Waals surface area (Å²) in [6.45, 7) is 6.87. The van der Waals surface area contributed by atoms with Gasteiger partial charge in [-0.2, -0.15) is 4.98 Å². The van der Waals surface area contributed by atoms with Crippen molar-refractivity contribution in [3.63, 3.8) is 0 Å². The van der Waals surface area contributed by atoms with Crippen molar-refractivity contribution in [1.29, 1.82) is 0 Å². The standard InChI is InChI=1S/C17H27N7O/c1-12(2)17-21-16(25-22-17)10-24-7-5-13(6-8-24)20-14-9-15(23(3)4)19-11-18-14/h9,11-13H,5-8,10H2,1-4H3,(H,18,19,20). The summed E-state index contributed by atoms with van der Waals surface area (Å²) in [6, 6.07) is 2.41. The quantitative estimate of drug-likeness (QED) is 0.852. The third-order valence-electron chi connectivity index (χ3n) is 4.41. The number of aromatic nitrogens is 4. The van der Waals surface area contributed by atoms with Crippen LogP contribution >= 0.6 is 0 Å². The van der Waals surface area contributed by atoms with Crippen molar-refractivity contribution in [3.05, 3.63) is 24.1 Å². The van der Waals surface area contributed by atoms with E-state index in [-0.39, 0.29) is 0 Å². The van der Waals surface area contributed by atoms with E-state index in [1.54, 1.807) is 6.33 Å². The molecular weight excluding hydrogens is 318 g/mol. The summed E-state index contributed by atoms with van der Waals surface area (Å²) in [5, 5.41) is 7.55. The number of nitrogens with zero attached hydrogens (tertiary/aromatic N) is 6. The topological polar surface area (TPSA) is 83.2 Å². The van der Waals surface area contributed by atoms with Crippen molar-refractivity contribution >= 4 is 11.6 Å². The van der Waals surface area contributed by atoms with Gasteiger partial charge in [0.25, 0.3) is 0 Å². The molecule has 2 aromatic rings. The molecule has 3 heterocycles. The van der Waals surface area contributed by atoms with Gasteiger partial charge >= 0.3 is 0 Å². The molecule has 0 unspecified atom stereocenters. The number of nitrogens with one attached hydrogen (secondary N) is 1. The maximum Gasteiger partial charge on any atom is 0.240 e. The Morgan fingerprint density at radius 3 is 2.68 bits per heavy atom. The smallest absolute Gasteiger partial charge is 0.240 e. The molecule has 3 rings (SSSR count). The predicted molar refractivity (Wildman–Crippen MR) is 96.7 cm³/mol. The van der Waals surface area contributed by atoms with E-state index < -0.39 is 0 Å². The van der Waals surface area contributed by atoms with E-state index in [0.717, 1.165) is 49.9 Å². The Kier molecular flexibility index (Phi) is 5.47. The zero-order valence-corrected chi connectivity index (χ0v) is 15.4. The summed E-state index contributed by atoms with van der Waals surface area (Å²) in [4.78, 5) is 17.4. The number of hydrogen-bond donors (Lipinski definition) is 1. The minimum absolute atomic E-state index is 0.298. The van der Waals surface area contributed by atoms with Crippen LogP contribution in [0.4, 0.5) is 11.6 Å². The summed E-state index contributed by atoms with van der Waals surface area (Å²) < 4.78 is 5.35. The van der Waals surface area contributed by atoms with Crippen LogP contribution in [0.5, 0.6) is 0 Å². The average molecular weight is 345 g/mol. The van der Waals surface area contributed by atoms with Gasteiger partial charge in [-0.25, -0.2) is 9.97 Å². The number of rotatable bonds is 6. The van der Waals surface area contributed by atoms with Gasteiger partial charge in [0.15, 0.2) is 5.82 Å². The Morgan fingerprint density at radius 1 is 1.28 bits per heavy atom. The van der Waals surface area contributed by atoms with E-state index in [2.05, 4.69) is 44.2 Å². The lowest BCUT2D eigenvalue weighted by molar-refractivity contribution is 0.186. The molecule has 136 valence electrons. The molecule has 0 atom stereocenters. The maximum atomic E-state index is 5.35. The van der Waals surface area contributed by atoms with E-state index in [9.17, 15) is 0 Å². The summed E-state index contributed by atoms with van der Waals surface area (Å²) in [6.07, 6.45) is 3.73. The van der Waals surface area contributed by atoms with Crippen molar-refractivity contribution in [3.8, 4) is 0 Å². The lowest BCUT2D eigenvalue weighted by Gasteiger charge is -2.31. The molecule has 2 aromatic heterocycles. The maximum absolute atomic E-state index is 5.35. The SMILES string of the molecule is CC(C)c1noc(CN2CCC(Nc3cc(N(C)C)ncn3)CC2)n1. The lowest BCUT2D eigenvalue weighted by atomic mass is 10.1. The van der Waals surface area contributed by atoms with Crippen LogP contribution in [0.15, 0.2) is 16.9 Å². The Bertz CT molecular complexity index is 677. The molecule has 0 radical (unpaired) electrons. The fraction of sp³-hybridized carbons (Fsp3) is 0.647. The van der Waals surface area contributed by atoms with Gasteiger partial charge in [0, 0.05) is 45.2 Å². The molecule has 1 N–H and O–H groups in total. The highest BCUT2D eigenvalue weighted by Crippen LogP contribution is 2.19. The van der Waals surface area contributed by atoms with Crippen LogP contribution in [0, 0.1) is 0 Å².